The molecule has 1 aliphatic carbocycles. The van der Waals surface area contributed by atoms with E-state index in [9.17, 15) is 9.59 Å². The van der Waals surface area contributed by atoms with Crippen molar-refractivity contribution >= 4 is 35.0 Å². The zero-order valence-corrected chi connectivity index (χ0v) is 20.1. The van der Waals surface area contributed by atoms with E-state index in [2.05, 4.69) is 15.5 Å². The number of nitrogens with zero attached hydrogens (tertiary/aromatic N) is 3. The molecule has 1 heterocycles. The van der Waals surface area contributed by atoms with Crippen LogP contribution in [0.4, 0.5) is 0 Å². The Balaban J connectivity index is 1.64. The van der Waals surface area contributed by atoms with Gasteiger partial charge in [-0.3, -0.25) is 9.59 Å². The summed E-state index contributed by atoms with van der Waals surface area (Å²) in [4.78, 5) is 31.0. The van der Waals surface area contributed by atoms with Gasteiger partial charge in [0, 0.05) is 32.9 Å². The topological polar surface area (TPSA) is 88.3 Å². The summed E-state index contributed by atoms with van der Waals surface area (Å²) >= 11 is 12.1. The number of aryl methyl sites for hydroxylation is 1. The molecule has 32 heavy (non-hydrogen) atoms. The Labute approximate surface area is 198 Å². The second-order valence-corrected chi connectivity index (χ2v) is 9.16. The lowest BCUT2D eigenvalue weighted by atomic mass is 9.89. The van der Waals surface area contributed by atoms with Crippen LogP contribution in [0, 0.1) is 0 Å². The van der Waals surface area contributed by atoms with Crippen molar-refractivity contribution in [2.75, 3.05) is 6.54 Å². The minimum Gasteiger partial charge on any atom is -0.343 e. The van der Waals surface area contributed by atoms with Crippen LogP contribution < -0.4 is 5.32 Å². The van der Waals surface area contributed by atoms with Gasteiger partial charge in [-0.25, -0.2) is 0 Å². The Morgan fingerprint density at radius 1 is 1.16 bits per heavy atom. The standard InChI is InChI=1S/C23H30Cl2N4O3/c1-3-29(15-17-8-9-18(24)19(25)14-17)21(31)11-10-20-26-22(28-32-20)23(27-16(2)30)12-6-4-5-7-13-23/h8-9,14H,3-7,10-13,15H2,1-2H3,(H,27,30). The number of carbonyl (C=O) groups is 2. The van der Waals surface area contributed by atoms with E-state index in [1.54, 1.807) is 17.0 Å². The minimum atomic E-state index is -0.586. The van der Waals surface area contributed by atoms with Crippen LogP contribution in [0.25, 0.3) is 0 Å². The first kappa shape index (κ1) is 24.5. The molecule has 0 bridgehead atoms. The lowest BCUT2D eigenvalue weighted by Crippen LogP contribution is -2.45. The molecule has 0 unspecified atom stereocenters. The van der Waals surface area contributed by atoms with Crippen molar-refractivity contribution in [3.8, 4) is 0 Å². The van der Waals surface area contributed by atoms with Gasteiger partial charge in [-0.15, -0.1) is 0 Å². The van der Waals surface area contributed by atoms with Crippen LogP contribution in [0.15, 0.2) is 22.7 Å². The predicted octanol–water partition coefficient (Wildman–Crippen LogP) is 5.04. The Kier molecular flexibility index (Phi) is 8.54. The zero-order chi connectivity index (χ0) is 23.1. The summed E-state index contributed by atoms with van der Waals surface area (Å²) in [6.45, 7) is 4.47. The van der Waals surface area contributed by atoms with Gasteiger partial charge in [0.25, 0.3) is 0 Å². The zero-order valence-electron chi connectivity index (χ0n) is 18.6. The third-order valence-electron chi connectivity index (χ3n) is 5.91. The third kappa shape index (κ3) is 6.23. The largest absolute Gasteiger partial charge is 0.343 e. The van der Waals surface area contributed by atoms with Gasteiger partial charge < -0.3 is 14.7 Å². The van der Waals surface area contributed by atoms with Gasteiger partial charge in [-0.1, -0.05) is 60.1 Å². The van der Waals surface area contributed by atoms with Crippen LogP contribution in [0.3, 0.4) is 0 Å². The van der Waals surface area contributed by atoms with Crippen molar-refractivity contribution < 1.29 is 14.1 Å². The molecule has 2 amide bonds. The maximum absolute atomic E-state index is 12.8. The molecule has 1 aliphatic rings. The average Bonchev–Trinajstić information content (AvgIpc) is 3.12. The lowest BCUT2D eigenvalue weighted by Gasteiger charge is -2.30. The first-order valence-electron chi connectivity index (χ1n) is 11.2. The molecule has 3 rings (SSSR count). The van der Waals surface area contributed by atoms with E-state index in [0.717, 1.165) is 44.1 Å². The quantitative estimate of drug-likeness (QED) is 0.534. The van der Waals surface area contributed by atoms with E-state index in [0.29, 0.717) is 41.3 Å². The average molecular weight is 481 g/mol. The van der Waals surface area contributed by atoms with E-state index < -0.39 is 5.54 Å². The number of carbonyl (C=O) groups excluding carboxylic acids is 2. The van der Waals surface area contributed by atoms with E-state index in [-0.39, 0.29) is 18.2 Å². The molecule has 7 nitrogen and oxygen atoms in total. The molecule has 1 fully saturated rings. The van der Waals surface area contributed by atoms with Crippen molar-refractivity contribution in [3.05, 3.63) is 45.5 Å². The Bertz CT molecular complexity index is 939. The molecular formula is C23H30Cl2N4O3. The van der Waals surface area contributed by atoms with Crippen molar-refractivity contribution in [1.29, 1.82) is 0 Å². The van der Waals surface area contributed by atoms with E-state index in [4.69, 9.17) is 27.7 Å². The number of hydrogen-bond acceptors (Lipinski definition) is 5. The number of aromatic nitrogens is 2. The summed E-state index contributed by atoms with van der Waals surface area (Å²) < 4.78 is 5.46. The fourth-order valence-electron chi connectivity index (χ4n) is 4.23. The van der Waals surface area contributed by atoms with Gasteiger partial charge in [0.1, 0.15) is 5.54 Å². The van der Waals surface area contributed by atoms with Crippen LogP contribution in [0.1, 0.15) is 76.1 Å². The van der Waals surface area contributed by atoms with Crippen molar-refractivity contribution in [1.82, 2.24) is 20.4 Å². The van der Waals surface area contributed by atoms with Gasteiger partial charge in [0.2, 0.25) is 17.7 Å². The van der Waals surface area contributed by atoms with Crippen molar-refractivity contribution in [2.45, 2.75) is 77.3 Å². The number of amides is 2. The van der Waals surface area contributed by atoms with Crippen LogP contribution in [0.2, 0.25) is 10.0 Å². The van der Waals surface area contributed by atoms with Crippen molar-refractivity contribution in [3.63, 3.8) is 0 Å². The summed E-state index contributed by atoms with van der Waals surface area (Å²) in [6, 6.07) is 5.37. The number of nitrogens with one attached hydrogen (secondary N) is 1. The highest BCUT2D eigenvalue weighted by Crippen LogP contribution is 2.34. The second-order valence-electron chi connectivity index (χ2n) is 8.35. The fourth-order valence-corrected chi connectivity index (χ4v) is 4.55. The molecule has 0 radical (unpaired) electrons. The Morgan fingerprint density at radius 3 is 2.50 bits per heavy atom. The smallest absolute Gasteiger partial charge is 0.227 e. The highest BCUT2D eigenvalue weighted by molar-refractivity contribution is 6.42. The SMILES string of the molecule is CCN(Cc1ccc(Cl)c(Cl)c1)C(=O)CCc1nc(C2(NC(C)=O)CCCCCC2)no1. The molecule has 0 aliphatic heterocycles. The molecule has 0 atom stereocenters. The van der Waals surface area contributed by atoms with E-state index >= 15 is 0 Å². The molecule has 1 N–H and O–H groups in total. The van der Waals surface area contributed by atoms with Crippen LogP contribution in [-0.2, 0) is 28.1 Å². The third-order valence-corrected chi connectivity index (χ3v) is 6.65. The summed E-state index contributed by atoms with van der Waals surface area (Å²) in [5.41, 5.74) is 0.331. The van der Waals surface area contributed by atoms with Crippen LogP contribution >= 0.6 is 23.2 Å². The van der Waals surface area contributed by atoms with Gasteiger partial charge in [0.15, 0.2) is 5.82 Å². The number of benzene rings is 1. The van der Waals surface area contributed by atoms with Gasteiger partial charge in [0.05, 0.1) is 10.0 Å². The molecule has 9 heteroatoms. The van der Waals surface area contributed by atoms with Crippen LogP contribution in [0.5, 0.6) is 0 Å². The molecule has 174 valence electrons. The molecule has 1 aromatic heterocycles. The fraction of sp³-hybridized carbons (Fsp3) is 0.565. The number of halogens is 2. The highest BCUT2D eigenvalue weighted by atomic mass is 35.5. The summed E-state index contributed by atoms with van der Waals surface area (Å²) in [7, 11) is 0. The Hall–Kier alpha value is -2.12. The molecule has 0 saturated heterocycles. The first-order chi connectivity index (χ1) is 15.3. The maximum atomic E-state index is 12.8. The number of rotatable bonds is 8. The predicted molar refractivity (Wildman–Crippen MR) is 123 cm³/mol. The molecule has 1 saturated carbocycles. The molecular weight excluding hydrogens is 451 g/mol. The summed E-state index contributed by atoms with van der Waals surface area (Å²) in [6.07, 6.45) is 6.45. The van der Waals surface area contributed by atoms with Crippen molar-refractivity contribution in [2.24, 2.45) is 0 Å². The van der Waals surface area contributed by atoms with Gasteiger partial charge in [-0.2, -0.15) is 4.98 Å². The van der Waals surface area contributed by atoms with Gasteiger partial charge >= 0.3 is 0 Å². The minimum absolute atomic E-state index is 0.00985. The monoisotopic (exact) mass is 480 g/mol. The highest BCUT2D eigenvalue weighted by Gasteiger charge is 2.38. The summed E-state index contributed by atoms with van der Waals surface area (Å²) in [5.74, 6) is 0.812. The molecule has 1 aromatic carbocycles. The van der Waals surface area contributed by atoms with Crippen LogP contribution in [-0.4, -0.2) is 33.4 Å². The van der Waals surface area contributed by atoms with E-state index in [1.165, 1.54) is 6.92 Å². The number of hydrogen-bond donors (Lipinski definition) is 1. The first-order valence-corrected chi connectivity index (χ1v) is 11.9. The molecule has 0 spiro atoms. The summed E-state index contributed by atoms with van der Waals surface area (Å²) in [5, 5.41) is 8.21. The molecule has 2 aromatic rings. The van der Waals surface area contributed by atoms with E-state index in [1.807, 2.05) is 13.0 Å². The maximum Gasteiger partial charge on any atom is 0.227 e. The van der Waals surface area contributed by atoms with Gasteiger partial charge in [-0.05, 0) is 37.5 Å². The normalized spacial score (nSPS) is 15.8. The Morgan fingerprint density at radius 2 is 1.88 bits per heavy atom. The lowest BCUT2D eigenvalue weighted by molar-refractivity contribution is -0.131. The second kappa shape index (κ2) is 11.1.